The van der Waals surface area contributed by atoms with Gasteiger partial charge in [-0.1, -0.05) is 42.0 Å². The number of hydrogen-bond acceptors (Lipinski definition) is 3. The number of nitrogens with zero attached hydrogens (tertiary/aromatic N) is 1. The first-order valence-electron chi connectivity index (χ1n) is 12.2. The van der Waals surface area contributed by atoms with Gasteiger partial charge in [-0.3, -0.25) is 9.59 Å². The van der Waals surface area contributed by atoms with Crippen molar-refractivity contribution in [2.75, 3.05) is 19.1 Å². The summed E-state index contributed by atoms with van der Waals surface area (Å²) in [7, 11) is 3.34. The lowest BCUT2D eigenvalue weighted by Gasteiger charge is -2.25. The van der Waals surface area contributed by atoms with Crippen LogP contribution in [-0.2, 0) is 16.0 Å². The summed E-state index contributed by atoms with van der Waals surface area (Å²) in [4.78, 5) is 32.0. The van der Waals surface area contributed by atoms with Gasteiger partial charge in [0.1, 0.15) is 11.8 Å². The Balaban J connectivity index is 1.69. The maximum atomic E-state index is 13.6. The zero-order valence-corrected chi connectivity index (χ0v) is 21.3. The number of ether oxygens (including phenoxy) is 1. The van der Waals surface area contributed by atoms with E-state index in [4.69, 9.17) is 4.74 Å². The molecule has 2 heterocycles. The minimum atomic E-state index is -0.706. The molecule has 2 aromatic carbocycles. The minimum Gasteiger partial charge on any atom is -0.497 e. The quantitative estimate of drug-likeness (QED) is 0.512. The highest BCUT2D eigenvalue weighted by molar-refractivity contribution is 6.00. The predicted molar refractivity (Wildman–Crippen MR) is 146 cm³/mol. The first-order valence-corrected chi connectivity index (χ1v) is 12.2. The number of allylic oxidation sites excluding steroid dienone is 4. The van der Waals surface area contributed by atoms with Gasteiger partial charge in [0.2, 0.25) is 11.8 Å². The van der Waals surface area contributed by atoms with Crippen LogP contribution in [0.1, 0.15) is 37.9 Å². The zero-order valence-electron chi connectivity index (χ0n) is 21.3. The van der Waals surface area contributed by atoms with Crippen LogP contribution in [0.5, 0.6) is 5.75 Å². The van der Waals surface area contributed by atoms with E-state index in [1.165, 1.54) is 5.57 Å². The van der Waals surface area contributed by atoms with E-state index in [0.29, 0.717) is 6.42 Å². The lowest BCUT2D eigenvalue weighted by molar-refractivity contribution is -0.127. The number of benzene rings is 2. The molecule has 0 saturated heterocycles. The largest absolute Gasteiger partial charge is 0.497 e. The van der Waals surface area contributed by atoms with Crippen molar-refractivity contribution < 1.29 is 14.3 Å². The molecule has 0 spiro atoms. The van der Waals surface area contributed by atoms with Gasteiger partial charge in [-0.2, -0.15) is 0 Å². The van der Waals surface area contributed by atoms with Crippen LogP contribution < -0.4 is 15.0 Å². The molecule has 36 heavy (non-hydrogen) atoms. The molecule has 0 bridgehead atoms. The van der Waals surface area contributed by atoms with Gasteiger partial charge >= 0.3 is 0 Å². The molecule has 1 aromatic heterocycles. The molecule has 1 aliphatic rings. The third-order valence-electron chi connectivity index (χ3n) is 6.57. The summed E-state index contributed by atoms with van der Waals surface area (Å²) in [5.74, 6) is 0.354. The highest BCUT2D eigenvalue weighted by atomic mass is 16.5. The number of nitrogens with one attached hydrogen (secondary N) is 2. The van der Waals surface area contributed by atoms with E-state index in [1.54, 1.807) is 19.1 Å². The van der Waals surface area contributed by atoms with Crippen LogP contribution in [0.15, 0.2) is 77.9 Å². The number of carbonyl (C=O) groups is 2. The monoisotopic (exact) mass is 483 g/mol. The second-order valence-electron chi connectivity index (χ2n) is 9.12. The summed E-state index contributed by atoms with van der Waals surface area (Å²) in [5.41, 5.74) is 5.75. The van der Waals surface area contributed by atoms with Crippen LogP contribution in [-0.4, -0.2) is 37.0 Å². The van der Waals surface area contributed by atoms with Crippen LogP contribution >= 0.6 is 0 Å². The van der Waals surface area contributed by atoms with E-state index in [9.17, 15) is 9.59 Å². The maximum Gasteiger partial charge on any atom is 0.249 e. The van der Waals surface area contributed by atoms with E-state index < -0.39 is 6.04 Å². The topological polar surface area (TPSA) is 74.4 Å². The number of rotatable bonds is 3. The van der Waals surface area contributed by atoms with Crippen LogP contribution in [0.2, 0.25) is 0 Å². The highest BCUT2D eigenvalue weighted by Crippen LogP contribution is 2.26. The van der Waals surface area contributed by atoms with Crippen molar-refractivity contribution in [1.82, 2.24) is 10.3 Å². The predicted octanol–water partition coefficient (Wildman–Crippen LogP) is 5.57. The van der Waals surface area contributed by atoms with Crippen molar-refractivity contribution in [2.24, 2.45) is 0 Å². The summed E-state index contributed by atoms with van der Waals surface area (Å²) < 4.78 is 5.24. The van der Waals surface area contributed by atoms with E-state index in [0.717, 1.165) is 45.6 Å². The fraction of sp³-hybridized carbons (Fsp3) is 0.267. The summed E-state index contributed by atoms with van der Waals surface area (Å²) in [6.07, 6.45) is 9.63. The number of carbonyl (C=O) groups excluding carboxylic acids is 2. The van der Waals surface area contributed by atoms with Gasteiger partial charge in [0.25, 0.3) is 0 Å². The summed E-state index contributed by atoms with van der Waals surface area (Å²) in [6, 6.07) is 14.6. The van der Waals surface area contributed by atoms with Gasteiger partial charge < -0.3 is 19.9 Å². The fourth-order valence-electron chi connectivity index (χ4n) is 4.56. The van der Waals surface area contributed by atoms with Gasteiger partial charge in [-0.15, -0.1) is 0 Å². The molecule has 6 heteroatoms. The summed E-state index contributed by atoms with van der Waals surface area (Å²) in [5, 5.41) is 4.06. The number of H-pyrrole nitrogens is 1. The van der Waals surface area contributed by atoms with Crippen LogP contribution in [0.3, 0.4) is 0 Å². The second kappa shape index (κ2) is 11.1. The summed E-state index contributed by atoms with van der Waals surface area (Å²) in [6.45, 7) is 4.04. The Kier molecular flexibility index (Phi) is 7.74. The highest BCUT2D eigenvalue weighted by Gasteiger charge is 2.26. The zero-order chi connectivity index (χ0) is 25.7. The first-order chi connectivity index (χ1) is 17.4. The van der Waals surface area contributed by atoms with Gasteiger partial charge in [0, 0.05) is 35.8 Å². The molecule has 3 aromatic rings. The molecular weight excluding hydrogens is 450 g/mol. The normalized spacial score (nSPS) is 20.2. The van der Waals surface area contributed by atoms with Crippen molar-refractivity contribution >= 4 is 34.5 Å². The van der Waals surface area contributed by atoms with Gasteiger partial charge in [0.05, 0.1) is 13.5 Å². The molecule has 0 radical (unpaired) electrons. The molecule has 1 aliphatic heterocycles. The maximum absolute atomic E-state index is 13.6. The number of likely N-dealkylation sites (N-methyl/N-ethyl adjacent to an activating group) is 1. The molecule has 0 fully saturated rings. The lowest BCUT2D eigenvalue weighted by atomic mass is 10.0. The van der Waals surface area contributed by atoms with Gasteiger partial charge in [-0.25, -0.2) is 0 Å². The molecule has 0 saturated carbocycles. The minimum absolute atomic E-state index is 0.175. The number of aromatic amines is 1. The average Bonchev–Trinajstić information content (AvgIpc) is 3.23. The lowest BCUT2D eigenvalue weighted by Crippen LogP contribution is -2.48. The molecule has 4 rings (SSSR count). The Morgan fingerprint density at radius 3 is 2.61 bits per heavy atom. The molecule has 2 N–H and O–H groups in total. The fourth-order valence-corrected chi connectivity index (χ4v) is 4.56. The number of fused-ring (bicyclic) bond motifs is 3. The van der Waals surface area contributed by atoms with Gasteiger partial charge in [0.15, 0.2) is 0 Å². The van der Waals surface area contributed by atoms with Gasteiger partial charge in [-0.05, 0) is 67.8 Å². The summed E-state index contributed by atoms with van der Waals surface area (Å²) >= 11 is 0. The smallest absolute Gasteiger partial charge is 0.249 e. The van der Waals surface area contributed by atoms with Crippen molar-refractivity contribution in [2.45, 2.75) is 39.2 Å². The van der Waals surface area contributed by atoms with E-state index in [2.05, 4.69) is 29.4 Å². The Labute approximate surface area is 212 Å². The van der Waals surface area contributed by atoms with E-state index in [1.807, 2.05) is 67.6 Å². The SMILES string of the molecule is C/C=C1\C=C(/C)C/C=C/c2[nH]c3ccccc3c2CC(=O)N[C@H](C(=O)N(C)c2ccc(OC)cc2)C1. The van der Waals surface area contributed by atoms with Crippen molar-refractivity contribution in [3.8, 4) is 5.75 Å². The first kappa shape index (κ1) is 25.0. The Hall–Kier alpha value is -4.06. The average molecular weight is 484 g/mol. The molecule has 6 nitrogen and oxygen atoms in total. The Morgan fingerprint density at radius 1 is 1.14 bits per heavy atom. The molecule has 2 amide bonds. The molecule has 0 unspecified atom stereocenters. The van der Waals surface area contributed by atoms with Crippen molar-refractivity contribution in [1.29, 1.82) is 0 Å². The van der Waals surface area contributed by atoms with E-state index in [-0.39, 0.29) is 18.2 Å². The van der Waals surface area contributed by atoms with Crippen LogP contribution in [0, 0.1) is 0 Å². The Morgan fingerprint density at radius 2 is 1.89 bits per heavy atom. The molecule has 0 aliphatic carbocycles. The number of hydrogen-bond donors (Lipinski definition) is 2. The van der Waals surface area contributed by atoms with Crippen LogP contribution in [0.4, 0.5) is 5.69 Å². The third kappa shape index (κ3) is 5.60. The number of anilines is 1. The number of amides is 2. The standard InChI is InChI=1S/C30H33N3O3/c1-5-21-17-20(2)9-8-12-27-25(24-10-6-7-11-26(24)31-27)19-29(34)32-28(18-21)30(35)33(3)22-13-15-23(36-4)16-14-22/h5-8,10-17,28,31H,9,18-19H2,1-4H3,(H,32,34)/b12-8+,20-17+,21-5+/t28-/m0/s1. The number of para-hydroxylation sites is 1. The van der Waals surface area contributed by atoms with E-state index >= 15 is 0 Å². The van der Waals surface area contributed by atoms with Crippen LogP contribution in [0.25, 0.3) is 17.0 Å². The molecule has 1 atom stereocenters. The molecule has 186 valence electrons. The Bertz CT molecular complexity index is 1350. The third-order valence-corrected chi connectivity index (χ3v) is 6.57. The number of methoxy groups -OCH3 is 1. The second-order valence-corrected chi connectivity index (χ2v) is 9.12. The molecular formula is C30H33N3O3. The van der Waals surface area contributed by atoms with Crippen molar-refractivity contribution in [3.05, 3.63) is 89.2 Å². The van der Waals surface area contributed by atoms with Crippen molar-refractivity contribution in [3.63, 3.8) is 0 Å². The number of aromatic nitrogens is 1.